The standard InChI is InChI=1S/C17H28N4O5S2/c1-5-18-15-7-6-14(28(25,26)20(2)3)10-16(15)19-11-17(22)21(4)13-8-9-27(23,24)12-13/h6-7,10,13,18-19H,5,8-9,11-12H2,1-4H3. The molecule has 28 heavy (non-hydrogen) atoms. The molecule has 2 N–H and O–H groups in total. The Balaban J connectivity index is 2.16. The van der Waals surface area contributed by atoms with E-state index in [1.807, 2.05) is 6.92 Å². The average Bonchev–Trinajstić information content (AvgIpc) is 2.99. The van der Waals surface area contributed by atoms with Crippen LogP contribution < -0.4 is 10.6 Å². The topological polar surface area (TPSA) is 116 Å². The predicted octanol–water partition coefficient (Wildman–Crippen LogP) is 0.426. The fourth-order valence-corrected chi connectivity index (χ4v) is 5.67. The number of nitrogens with zero attached hydrogens (tertiary/aromatic N) is 2. The Bertz CT molecular complexity index is 929. The van der Waals surface area contributed by atoms with Crippen molar-refractivity contribution in [3.63, 3.8) is 0 Å². The molecule has 0 spiro atoms. The van der Waals surface area contributed by atoms with E-state index >= 15 is 0 Å². The first-order valence-corrected chi connectivity index (χ1v) is 12.2. The Kier molecular flexibility index (Phi) is 6.94. The average molecular weight is 433 g/mol. The number of carbonyl (C=O) groups excluding carboxylic acids is 1. The van der Waals surface area contributed by atoms with Gasteiger partial charge in [-0.05, 0) is 31.5 Å². The molecule has 9 nitrogen and oxygen atoms in total. The molecule has 158 valence electrons. The van der Waals surface area contributed by atoms with Gasteiger partial charge in [0.05, 0.1) is 34.3 Å². The summed E-state index contributed by atoms with van der Waals surface area (Å²) in [5.41, 5.74) is 1.17. The highest BCUT2D eigenvalue weighted by Crippen LogP contribution is 2.27. The molecule has 1 aliphatic heterocycles. The predicted molar refractivity (Wildman–Crippen MR) is 110 cm³/mol. The number of sulfonamides is 1. The van der Waals surface area contributed by atoms with Crippen LogP contribution in [0.5, 0.6) is 0 Å². The van der Waals surface area contributed by atoms with Crippen LogP contribution in [-0.2, 0) is 24.7 Å². The Morgan fingerprint density at radius 3 is 2.39 bits per heavy atom. The molecular formula is C17H28N4O5S2. The molecule has 11 heteroatoms. The maximum absolute atomic E-state index is 12.5. The SMILES string of the molecule is CCNc1ccc(S(=O)(=O)N(C)C)cc1NCC(=O)N(C)C1CCS(=O)(=O)C1. The molecule has 1 amide bonds. The quantitative estimate of drug-likeness (QED) is 0.612. The van der Waals surface area contributed by atoms with Crippen LogP contribution in [0.3, 0.4) is 0 Å². The summed E-state index contributed by atoms with van der Waals surface area (Å²) in [4.78, 5) is 14.1. The number of anilines is 2. The van der Waals surface area contributed by atoms with E-state index in [1.165, 1.54) is 31.1 Å². The molecular weight excluding hydrogens is 404 g/mol. The molecule has 1 aliphatic rings. The lowest BCUT2D eigenvalue weighted by atomic mass is 10.2. The van der Waals surface area contributed by atoms with Crippen LogP contribution in [0.25, 0.3) is 0 Å². The monoisotopic (exact) mass is 432 g/mol. The third-order valence-electron chi connectivity index (χ3n) is 4.72. The maximum Gasteiger partial charge on any atom is 0.242 e. The van der Waals surface area contributed by atoms with Gasteiger partial charge in [0.1, 0.15) is 0 Å². The van der Waals surface area contributed by atoms with Crippen molar-refractivity contribution in [3.05, 3.63) is 18.2 Å². The fourth-order valence-electron chi connectivity index (χ4n) is 2.97. The highest BCUT2D eigenvalue weighted by molar-refractivity contribution is 7.91. The Labute approximate surface area is 167 Å². The van der Waals surface area contributed by atoms with Crippen LogP contribution in [0.15, 0.2) is 23.1 Å². The molecule has 1 aromatic carbocycles. The van der Waals surface area contributed by atoms with Crippen LogP contribution in [-0.4, -0.2) is 83.7 Å². The number of benzene rings is 1. The van der Waals surface area contributed by atoms with Gasteiger partial charge in [0.25, 0.3) is 0 Å². The van der Waals surface area contributed by atoms with E-state index in [0.717, 1.165) is 4.31 Å². The lowest BCUT2D eigenvalue weighted by Gasteiger charge is -2.24. The zero-order valence-corrected chi connectivity index (χ0v) is 18.2. The van der Waals surface area contributed by atoms with Crippen molar-refractivity contribution in [2.75, 3.05) is 56.4 Å². The van der Waals surface area contributed by atoms with Gasteiger partial charge < -0.3 is 15.5 Å². The maximum atomic E-state index is 12.5. The number of likely N-dealkylation sites (N-methyl/N-ethyl adjacent to an activating group) is 1. The van der Waals surface area contributed by atoms with E-state index in [0.29, 0.717) is 24.3 Å². The molecule has 0 radical (unpaired) electrons. The van der Waals surface area contributed by atoms with Gasteiger partial charge in [0.15, 0.2) is 9.84 Å². The van der Waals surface area contributed by atoms with Gasteiger partial charge in [0.2, 0.25) is 15.9 Å². The summed E-state index contributed by atoms with van der Waals surface area (Å²) >= 11 is 0. The van der Waals surface area contributed by atoms with Crippen molar-refractivity contribution in [1.82, 2.24) is 9.21 Å². The van der Waals surface area contributed by atoms with Crippen molar-refractivity contribution in [3.8, 4) is 0 Å². The van der Waals surface area contributed by atoms with Crippen molar-refractivity contribution in [2.24, 2.45) is 0 Å². The molecule has 0 bridgehead atoms. The molecule has 0 aromatic heterocycles. The third kappa shape index (κ3) is 5.15. The summed E-state index contributed by atoms with van der Waals surface area (Å²) in [6, 6.07) is 4.32. The molecule has 1 saturated heterocycles. The highest BCUT2D eigenvalue weighted by Gasteiger charge is 2.32. The second kappa shape index (κ2) is 8.66. The number of nitrogens with one attached hydrogen (secondary N) is 2. The Morgan fingerprint density at radius 1 is 1.18 bits per heavy atom. The van der Waals surface area contributed by atoms with E-state index < -0.39 is 19.9 Å². The molecule has 1 fully saturated rings. The molecule has 0 aliphatic carbocycles. The summed E-state index contributed by atoms with van der Waals surface area (Å²) in [7, 11) is -2.19. The number of hydrogen-bond donors (Lipinski definition) is 2. The minimum Gasteiger partial charge on any atom is -0.384 e. The number of hydrogen-bond acceptors (Lipinski definition) is 7. The van der Waals surface area contributed by atoms with Crippen LogP contribution in [0.1, 0.15) is 13.3 Å². The third-order valence-corrected chi connectivity index (χ3v) is 8.28. The summed E-state index contributed by atoms with van der Waals surface area (Å²) in [5, 5.41) is 6.12. The summed E-state index contributed by atoms with van der Waals surface area (Å²) < 4.78 is 49.1. The number of rotatable bonds is 8. The van der Waals surface area contributed by atoms with Gasteiger partial charge >= 0.3 is 0 Å². The minimum absolute atomic E-state index is 0.0194. The van der Waals surface area contributed by atoms with E-state index in [4.69, 9.17) is 0 Å². The van der Waals surface area contributed by atoms with Crippen LogP contribution in [0.4, 0.5) is 11.4 Å². The van der Waals surface area contributed by atoms with Crippen LogP contribution in [0.2, 0.25) is 0 Å². The van der Waals surface area contributed by atoms with Crippen LogP contribution >= 0.6 is 0 Å². The van der Waals surface area contributed by atoms with E-state index in [2.05, 4.69) is 10.6 Å². The van der Waals surface area contributed by atoms with Gasteiger partial charge in [-0.2, -0.15) is 0 Å². The van der Waals surface area contributed by atoms with E-state index in [9.17, 15) is 21.6 Å². The molecule has 0 saturated carbocycles. The first-order chi connectivity index (χ1) is 13.0. The first kappa shape index (κ1) is 22.4. The van der Waals surface area contributed by atoms with Gasteiger partial charge in [-0.1, -0.05) is 0 Å². The van der Waals surface area contributed by atoms with Crippen molar-refractivity contribution >= 4 is 37.1 Å². The molecule has 1 atom stereocenters. The second-order valence-corrected chi connectivity index (χ2v) is 11.3. The Morgan fingerprint density at radius 2 is 1.86 bits per heavy atom. The first-order valence-electron chi connectivity index (χ1n) is 8.98. The van der Waals surface area contributed by atoms with Gasteiger partial charge in [-0.3, -0.25) is 4.79 Å². The van der Waals surface area contributed by atoms with Crippen molar-refractivity contribution in [2.45, 2.75) is 24.3 Å². The second-order valence-electron chi connectivity index (χ2n) is 6.94. The largest absolute Gasteiger partial charge is 0.384 e. The Hall–Kier alpha value is -1.85. The zero-order valence-electron chi connectivity index (χ0n) is 16.6. The lowest BCUT2D eigenvalue weighted by Crippen LogP contribution is -2.41. The van der Waals surface area contributed by atoms with Gasteiger partial charge in [-0.15, -0.1) is 0 Å². The fraction of sp³-hybridized carbons (Fsp3) is 0.588. The van der Waals surface area contributed by atoms with Crippen LogP contribution in [0, 0.1) is 0 Å². The zero-order chi connectivity index (χ0) is 21.1. The lowest BCUT2D eigenvalue weighted by molar-refractivity contribution is -0.129. The highest BCUT2D eigenvalue weighted by atomic mass is 32.2. The van der Waals surface area contributed by atoms with Crippen molar-refractivity contribution < 1.29 is 21.6 Å². The summed E-state index contributed by atoms with van der Waals surface area (Å²) in [6.07, 6.45) is 0.434. The molecule has 2 rings (SSSR count). The van der Waals surface area contributed by atoms with E-state index in [-0.39, 0.29) is 34.9 Å². The minimum atomic E-state index is -3.61. The number of amides is 1. The number of carbonyl (C=O) groups is 1. The van der Waals surface area contributed by atoms with Gasteiger partial charge in [0, 0.05) is 33.7 Å². The molecule has 1 unspecified atom stereocenters. The van der Waals surface area contributed by atoms with Crippen molar-refractivity contribution in [1.29, 1.82) is 0 Å². The molecule has 1 heterocycles. The number of sulfone groups is 1. The van der Waals surface area contributed by atoms with Gasteiger partial charge in [-0.25, -0.2) is 21.1 Å². The summed E-state index contributed by atoms with van der Waals surface area (Å²) in [6.45, 7) is 2.47. The normalized spacial score (nSPS) is 18.8. The van der Waals surface area contributed by atoms with E-state index in [1.54, 1.807) is 13.1 Å². The molecule has 1 aromatic rings. The smallest absolute Gasteiger partial charge is 0.242 e. The summed E-state index contributed by atoms with van der Waals surface area (Å²) in [5.74, 6) is -0.183.